The van der Waals surface area contributed by atoms with Gasteiger partial charge in [0.1, 0.15) is 0 Å². The third-order valence-electron chi connectivity index (χ3n) is 1.92. The summed E-state index contributed by atoms with van der Waals surface area (Å²) in [6.07, 6.45) is 3.56. The van der Waals surface area contributed by atoms with E-state index in [1.54, 1.807) is 6.20 Å². The Morgan fingerprint density at radius 2 is 2.36 bits per heavy atom. The lowest BCUT2D eigenvalue weighted by atomic mass is 10.3. The fourth-order valence-corrected chi connectivity index (χ4v) is 1.24. The standard InChI is InChI=1S/C10H12N4/c1-8-3-2-4-9(14-8)5-11-10-6-12-13-7-10/h2-4,6-7,11H,5H2,1H3,(H,12,13). The van der Waals surface area contributed by atoms with Crippen molar-refractivity contribution in [1.29, 1.82) is 0 Å². The largest absolute Gasteiger partial charge is 0.377 e. The van der Waals surface area contributed by atoms with Crippen LogP contribution in [0.2, 0.25) is 0 Å². The number of hydrogen-bond acceptors (Lipinski definition) is 3. The Morgan fingerprint density at radius 3 is 3.07 bits per heavy atom. The highest BCUT2D eigenvalue weighted by molar-refractivity contribution is 5.37. The normalized spacial score (nSPS) is 10.1. The second kappa shape index (κ2) is 3.91. The molecule has 2 heterocycles. The summed E-state index contributed by atoms with van der Waals surface area (Å²) in [5, 5.41) is 9.80. The number of anilines is 1. The number of rotatable bonds is 3. The van der Waals surface area contributed by atoms with Crippen molar-refractivity contribution in [2.45, 2.75) is 13.5 Å². The molecule has 0 fully saturated rings. The molecule has 2 aromatic rings. The van der Waals surface area contributed by atoms with Gasteiger partial charge in [-0.25, -0.2) is 0 Å². The summed E-state index contributed by atoms with van der Waals surface area (Å²) in [7, 11) is 0. The van der Waals surface area contributed by atoms with Crippen molar-refractivity contribution in [3.8, 4) is 0 Å². The summed E-state index contributed by atoms with van der Waals surface area (Å²) in [5.41, 5.74) is 3.05. The molecule has 0 saturated carbocycles. The number of aryl methyl sites for hydroxylation is 1. The number of aromatic nitrogens is 3. The molecule has 72 valence electrons. The molecule has 0 bridgehead atoms. The average molecular weight is 188 g/mol. The first-order chi connectivity index (χ1) is 6.84. The Balaban J connectivity index is 1.98. The van der Waals surface area contributed by atoms with Gasteiger partial charge in [-0.15, -0.1) is 0 Å². The fourth-order valence-electron chi connectivity index (χ4n) is 1.24. The Morgan fingerprint density at radius 1 is 1.43 bits per heavy atom. The number of hydrogen-bond donors (Lipinski definition) is 2. The van der Waals surface area contributed by atoms with Crippen LogP contribution in [-0.4, -0.2) is 15.2 Å². The van der Waals surface area contributed by atoms with Gasteiger partial charge in [-0.3, -0.25) is 10.1 Å². The van der Waals surface area contributed by atoms with E-state index in [1.807, 2.05) is 31.3 Å². The van der Waals surface area contributed by atoms with Crippen LogP contribution in [0.4, 0.5) is 5.69 Å². The molecule has 0 radical (unpaired) electrons. The van der Waals surface area contributed by atoms with Crippen molar-refractivity contribution >= 4 is 5.69 Å². The maximum Gasteiger partial charge on any atom is 0.0726 e. The Hall–Kier alpha value is -1.84. The van der Waals surface area contributed by atoms with Crippen molar-refractivity contribution < 1.29 is 0 Å². The van der Waals surface area contributed by atoms with Gasteiger partial charge in [0.15, 0.2) is 0 Å². The van der Waals surface area contributed by atoms with Gasteiger partial charge in [-0.1, -0.05) is 6.07 Å². The SMILES string of the molecule is Cc1cccc(CNc2cn[nH]c2)n1. The molecule has 0 aliphatic heterocycles. The van der Waals surface area contributed by atoms with Crippen LogP contribution in [0, 0.1) is 6.92 Å². The van der Waals surface area contributed by atoms with Gasteiger partial charge in [0, 0.05) is 11.9 Å². The van der Waals surface area contributed by atoms with Crippen molar-refractivity contribution in [3.05, 3.63) is 42.0 Å². The van der Waals surface area contributed by atoms with Gasteiger partial charge < -0.3 is 5.32 Å². The number of nitrogens with zero attached hydrogens (tertiary/aromatic N) is 2. The zero-order valence-electron chi connectivity index (χ0n) is 7.99. The lowest BCUT2D eigenvalue weighted by molar-refractivity contribution is 1.02. The third kappa shape index (κ3) is 2.10. The van der Waals surface area contributed by atoms with Gasteiger partial charge in [0.05, 0.1) is 24.1 Å². The molecule has 4 heteroatoms. The molecule has 0 aliphatic rings. The van der Waals surface area contributed by atoms with Crippen molar-refractivity contribution in [2.75, 3.05) is 5.32 Å². The van der Waals surface area contributed by atoms with Gasteiger partial charge in [-0.05, 0) is 19.1 Å². The molecule has 0 amide bonds. The highest BCUT2D eigenvalue weighted by atomic mass is 15.1. The van der Waals surface area contributed by atoms with Crippen molar-refractivity contribution in [3.63, 3.8) is 0 Å². The number of H-pyrrole nitrogens is 1. The summed E-state index contributed by atoms with van der Waals surface area (Å²) in [6, 6.07) is 6.00. The van der Waals surface area contributed by atoms with Gasteiger partial charge in [-0.2, -0.15) is 5.10 Å². The first-order valence-corrected chi connectivity index (χ1v) is 4.50. The molecule has 14 heavy (non-hydrogen) atoms. The minimum absolute atomic E-state index is 0.723. The van der Waals surface area contributed by atoms with E-state index in [9.17, 15) is 0 Å². The number of pyridine rings is 1. The predicted molar refractivity (Wildman–Crippen MR) is 54.9 cm³/mol. The predicted octanol–water partition coefficient (Wildman–Crippen LogP) is 1.73. The highest BCUT2D eigenvalue weighted by Crippen LogP contribution is 2.04. The van der Waals surface area contributed by atoms with Gasteiger partial charge in [0.25, 0.3) is 0 Å². The van der Waals surface area contributed by atoms with E-state index < -0.39 is 0 Å². The lowest BCUT2D eigenvalue weighted by Crippen LogP contribution is -2.01. The summed E-state index contributed by atoms with van der Waals surface area (Å²) in [6.45, 7) is 2.71. The van der Waals surface area contributed by atoms with Crippen LogP contribution in [0.1, 0.15) is 11.4 Å². The molecular weight excluding hydrogens is 176 g/mol. The summed E-state index contributed by atoms with van der Waals surface area (Å²) >= 11 is 0. The van der Waals surface area contributed by atoms with Gasteiger partial charge >= 0.3 is 0 Å². The average Bonchev–Trinajstić information content (AvgIpc) is 2.67. The van der Waals surface area contributed by atoms with Crippen LogP contribution in [0.3, 0.4) is 0 Å². The third-order valence-corrected chi connectivity index (χ3v) is 1.92. The summed E-state index contributed by atoms with van der Waals surface area (Å²) in [4.78, 5) is 4.38. The second-order valence-electron chi connectivity index (χ2n) is 3.11. The van der Waals surface area contributed by atoms with Crippen molar-refractivity contribution in [1.82, 2.24) is 15.2 Å². The van der Waals surface area contributed by atoms with Crippen molar-refractivity contribution in [2.24, 2.45) is 0 Å². The van der Waals surface area contributed by atoms with Crippen LogP contribution >= 0.6 is 0 Å². The molecule has 0 aliphatic carbocycles. The Labute approximate surface area is 82.4 Å². The van der Waals surface area contributed by atoms with E-state index in [1.165, 1.54) is 0 Å². The van der Waals surface area contributed by atoms with E-state index in [2.05, 4.69) is 20.5 Å². The molecule has 0 saturated heterocycles. The van der Waals surface area contributed by atoms with E-state index in [-0.39, 0.29) is 0 Å². The molecule has 0 unspecified atom stereocenters. The highest BCUT2D eigenvalue weighted by Gasteiger charge is 1.95. The summed E-state index contributed by atoms with van der Waals surface area (Å²) < 4.78 is 0. The smallest absolute Gasteiger partial charge is 0.0726 e. The Kier molecular flexibility index (Phi) is 2.44. The van der Waals surface area contributed by atoms with Crippen LogP contribution in [0.5, 0.6) is 0 Å². The molecule has 0 spiro atoms. The topological polar surface area (TPSA) is 53.6 Å². The Bertz CT molecular complexity index is 394. The second-order valence-corrected chi connectivity index (χ2v) is 3.11. The molecule has 4 nitrogen and oxygen atoms in total. The van der Waals surface area contributed by atoms with Crippen LogP contribution < -0.4 is 5.32 Å². The van der Waals surface area contributed by atoms with Crippen LogP contribution in [0.15, 0.2) is 30.6 Å². The monoisotopic (exact) mass is 188 g/mol. The van der Waals surface area contributed by atoms with E-state index in [0.29, 0.717) is 0 Å². The molecule has 2 rings (SSSR count). The van der Waals surface area contributed by atoms with E-state index in [4.69, 9.17) is 0 Å². The fraction of sp³-hybridized carbons (Fsp3) is 0.200. The zero-order valence-corrected chi connectivity index (χ0v) is 7.99. The maximum atomic E-state index is 4.38. The zero-order chi connectivity index (χ0) is 9.80. The first-order valence-electron chi connectivity index (χ1n) is 4.50. The lowest BCUT2D eigenvalue weighted by Gasteiger charge is -2.02. The minimum Gasteiger partial charge on any atom is -0.377 e. The van der Waals surface area contributed by atoms with Gasteiger partial charge in [0.2, 0.25) is 0 Å². The molecule has 0 aromatic carbocycles. The van der Waals surface area contributed by atoms with E-state index >= 15 is 0 Å². The molecule has 0 atom stereocenters. The van der Waals surface area contributed by atoms with Crippen LogP contribution in [-0.2, 0) is 6.54 Å². The molecular formula is C10H12N4. The quantitative estimate of drug-likeness (QED) is 0.771. The van der Waals surface area contributed by atoms with E-state index in [0.717, 1.165) is 23.6 Å². The summed E-state index contributed by atoms with van der Waals surface area (Å²) in [5.74, 6) is 0. The minimum atomic E-state index is 0.723. The maximum absolute atomic E-state index is 4.38. The first kappa shape index (κ1) is 8.74. The molecule has 2 N–H and O–H groups in total. The number of nitrogens with one attached hydrogen (secondary N) is 2. The molecule has 2 aromatic heterocycles. The number of aromatic amines is 1. The van der Waals surface area contributed by atoms with Crippen LogP contribution in [0.25, 0.3) is 0 Å².